The minimum Gasteiger partial charge on any atom is -0.495 e. The van der Waals surface area contributed by atoms with Gasteiger partial charge in [0.05, 0.1) is 7.11 Å². The Balaban J connectivity index is 1.89. The molecule has 1 saturated carbocycles. The molecule has 0 N–H and O–H groups in total. The fourth-order valence-corrected chi connectivity index (χ4v) is 5.97. The number of sulfonamides is 1. The minimum absolute atomic E-state index is 0.0970. The van der Waals surface area contributed by atoms with Crippen LogP contribution in [-0.2, 0) is 10.0 Å². The lowest BCUT2D eigenvalue weighted by Crippen LogP contribution is -2.38. The largest absolute Gasteiger partial charge is 0.495 e. The summed E-state index contributed by atoms with van der Waals surface area (Å²) in [5.41, 5.74) is 0.405. The monoisotopic (exact) mass is 408 g/mol. The van der Waals surface area contributed by atoms with E-state index in [9.17, 15) is 13.2 Å². The Morgan fingerprint density at radius 2 is 1.64 bits per heavy atom. The van der Waals surface area contributed by atoms with E-state index in [1.165, 1.54) is 23.9 Å². The molecule has 2 fully saturated rings. The zero-order valence-corrected chi connectivity index (χ0v) is 17.8. The van der Waals surface area contributed by atoms with Crippen molar-refractivity contribution >= 4 is 15.9 Å². The van der Waals surface area contributed by atoms with Crippen LogP contribution < -0.4 is 4.74 Å². The van der Waals surface area contributed by atoms with Gasteiger partial charge in [-0.25, -0.2) is 8.42 Å². The van der Waals surface area contributed by atoms with Gasteiger partial charge in [0.25, 0.3) is 5.91 Å². The molecule has 1 aromatic rings. The van der Waals surface area contributed by atoms with Crippen molar-refractivity contribution in [1.29, 1.82) is 0 Å². The normalized spacial score (nSPS) is 19.8. The molecule has 0 radical (unpaired) electrons. The summed E-state index contributed by atoms with van der Waals surface area (Å²) in [7, 11) is -0.407. The number of carbonyl (C=O) groups excluding carboxylic acids is 1. The molecule has 1 aromatic carbocycles. The van der Waals surface area contributed by atoms with Crippen molar-refractivity contribution in [2.24, 2.45) is 0 Å². The van der Waals surface area contributed by atoms with Crippen LogP contribution in [0.4, 0.5) is 0 Å². The van der Waals surface area contributed by atoms with Gasteiger partial charge in [-0.2, -0.15) is 4.31 Å². The van der Waals surface area contributed by atoms with Gasteiger partial charge in [0.1, 0.15) is 10.6 Å². The average molecular weight is 409 g/mol. The first kappa shape index (κ1) is 21.1. The number of hydrogen-bond donors (Lipinski definition) is 0. The van der Waals surface area contributed by atoms with Crippen molar-refractivity contribution in [3.05, 3.63) is 23.8 Å². The van der Waals surface area contributed by atoms with Crippen molar-refractivity contribution in [3.63, 3.8) is 0 Å². The molecule has 0 unspecified atom stereocenters. The van der Waals surface area contributed by atoms with E-state index < -0.39 is 10.0 Å². The van der Waals surface area contributed by atoms with Crippen molar-refractivity contribution in [3.8, 4) is 5.75 Å². The van der Waals surface area contributed by atoms with E-state index in [0.717, 1.165) is 51.4 Å². The topological polar surface area (TPSA) is 66.9 Å². The molecule has 0 bridgehead atoms. The summed E-state index contributed by atoms with van der Waals surface area (Å²) in [4.78, 5) is 14.9. The van der Waals surface area contributed by atoms with E-state index in [1.54, 1.807) is 17.0 Å². The maximum absolute atomic E-state index is 13.3. The average Bonchev–Trinajstić information content (AvgIpc) is 3.03. The molecule has 1 aliphatic carbocycles. The predicted octanol–water partition coefficient (Wildman–Crippen LogP) is 3.66. The van der Waals surface area contributed by atoms with E-state index in [1.807, 2.05) is 7.05 Å². The summed E-state index contributed by atoms with van der Waals surface area (Å²) in [5.74, 6) is 0.169. The summed E-state index contributed by atoms with van der Waals surface area (Å²) in [5, 5.41) is 0. The number of rotatable bonds is 5. The molecule has 2 aliphatic rings. The quantitative estimate of drug-likeness (QED) is 0.746. The summed E-state index contributed by atoms with van der Waals surface area (Å²) < 4.78 is 33.4. The van der Waals surface area contributed by atoms with Gasteiger partial charge in [0.15, 0.2) is 0 Å². The highest BCUT2D eigenvalue weighted by molar-refractivity contribution is 7.89. The molecular formula is C21H32N2O4S. The Hall–Kier alpha value is -1.60. The summed E-state index contributed by atoms with van der Waals surface area (Å²) >= 11 is 0. The predicted molar refractivity (Wildman–Crippen MR) is 109 cm³/mol. The molecule has 1 saturated heterocycles. The third kappa shape index (κ3) is 4.51. The van der Waals surface area contributed by atoms with Gasteiger partial charge in [0.2, 0.25) is 10.0 Å². The third-order valence-corrected chi connectivity index (χ3v) is 7.96. The second-order valence-corrected chi connectivity index (χ2v) is 9.80. The number of ether oxygens (including phenoxy) is 1. The third-order valence-electron chi connectivity index (χ3n) is 6.04. The number of methoxy groups -OCH3 is 1. The SMILES string of the molecule is COc1ccc(C(=O)N(C)C2CCCCC2)cc1S(=O)(=O)N1CCCCCC1. The second kappa shape index (κ2) is 9.27. The van der Waals surface area contributed by atoms with Crippen LogP contribution in [-0.4, -0.2) is 56.8 Å². The summed E-state index contributed by atoms with van der Waals surface area (Å²) in [6, 6.07) is 5.00. The summed E-state index contributed by atoms with van der Waals surface area (Å²) in [6.45, 7) is 1.04. The standard InChI is InChI=1S/C21H32N2O4S/c1-22(18-10-6-5-7-11-18)21(24)17-12-13-19(27-2)20(16-17)28(25,26)23-14-8-3-4-9-15-23/h12-13,16,18H,3-11,14-15H2,1-2H3. The van der Waals surface area contributed by atoms with Gasteiger partial charge in [-0.1, -0.05) is 32.1 Å². The molecule has 0 spiro atoms. The fraction of sp³-hybridized carbons (Fsp3) is 0.667. The molecule has 156 valence electrons. The molecule has 3 rings (SSSR count). The highest BCUT2D eigenvalue weighted by atomic mass is 32.2. The van der Waals surface area contributed by atoms with E-state index in [4.69, 9.17) is 4.74 Å². The first-order valence-electron chi connectivity index (χ1n) is 10.4. The molecular weight excluding hydrogens is 376 g/mol. The highest BCUT2D eigenvalue weighted by Gasteiger charge is 2.30. The molecule has 28 heavy (non-hydrogen) atoms. The molecule has 1 heterocycles. The van der Waals surface area contributed by atoms with Crippen molar-refractivity contribution < 1.29 is 17.9 Å². The maximum Gasteiger partial charge on any atom is 0.253 e. The van der Waals surface area contributed by atoms with E-state index >= 15 is 0 Å². The fourth-order valence-electron chi connectivity index (χ4n) is 4.27. The molecule has 7 heteroatoms. The number of amides is 1. The molecule has 6 nitrogen and oxygen atoms in total. The van der Waals surface area contributed by atoms with Gasteiger partial charge in [-0.15, -0.1) is 0 Å². The first-order chi connectivity index (χ1) is 13.4. The zero-order valence-electron chi connectivity index (χ0n) is 17.0. The molecule has 0 atom stereocenters. The van der Waals surface area contributed by atoms with Gasteiger partial charge in [0, 0.05) is 31.7 Å². The smallest absolute Gasteiger partial charge is 0.253 e. The van der Waals surface area contributed by atoms with Crippen LogP contribution in [0.15, 0.2) is 23.1 Å². The van der Waals surface area contributed by atoms with Gasteiger partial charge in [-0.05, 0) is 43.9 Å². The molecule has 0 aromatic heterocycles. The molecule has 1 aliphatic heterocycles. The van der Waals surface area contributed by atoms with E-state index in [0.29, 0.717) is 24.4 Å². The van der Waals surface area contributed by atoms with Crippen LogP contribution in [0.3, 0.4) is 0 Å². The maximum atomic E-state index is 13.3. The Morgan fingerprint density at radius 3 is 2.25 bits per heavy atom. The Bertz CT molecular complexity index is 780. The van der Waals surface area contributed by atoms with Crippen LogP contribution in [0.25, 0.3) is 0 Å². The highest BCUT2D eigenvalue weighted by Crippen LogP contribution is 2.30. The number of nitrogens with zero attached hydrogens (tertiary/aromatic N) is 2. The van der Waals surface area contributed by atoms with Crippen molar-refractivity contribution in [2.75, 3.05) is 27.2 Å². The van der Waals surface area contributed by atoms with Crippen LogP contribution in [0, 0.1) is 0 Å². The lowest BCUT2D eigenvalue weighted by Gasteiger charge is -2.31. The number of carbonyl (C=O) groups is 1. The van der Waals surface area contributed by atoms with Crippen molar-refractivity contribution in [1.82, 2.24) is 9.21 Å². The Labute approximate surface area is 168 Å². The Morgan fingerprint density at radius 1 is 1.04 bits per heavy atom. The van der Waals surface area contributed by atoms with E-state index in [-0.39, 0.29) is 16.8 Å². The van der Waals surface area contributed by atoms with Gasteiger partial charge < -0.3 is 9.64 Å². The van der Waals surface area contributed by atoms with E-state index in [2.05, 4.69) is 0 Å². The van der Waals surface area contributed by atoms with Gasteiger partial charge >= 0.3 is 0 Å². The van der Waals surface area contributed by atoms with Crippen LogP contribution in [0.1, 0.15) is 68.1 Å². The summed E-state index contributed by atoms with van der Waals surface area (Å²) in [6.07, 6.45) is 9.35. The van der Waals surface area contributed by atoms with Crippen LogP contribution in [0.2, 0.25) is 0 Å². The molecule has 1 amide bonds. The van der Waals surface area contributed by atoms with Gasteiger partial charge in [-0.3, -0.25) is 4.79 Å². The Kier molecular flexibility index (Phi) is 6.99. The van der Waals surface area contributed by atoms with Crippen LogP contribution in [0.5, 0.6) is 5.75 Å². The second-order valence-electron chi connectivity index (χ2n) is 7.89. The zero-order chi connectivity index (χ0) is 20.1. The lowest BCUT2D eigenvalue weighted by molar-refractivity contribution is 0.0696. The first-order valence-corrected chi connectivity index (χ1v) is 11.8. The number of hydrogen-bond acceptors (Lipinski definition) is 4. The number of benzene rings is 1. The van der Waals surface area contributed by atoms with Crippen molar-refractivity contribution in [2.45, 2.75) is 68.7 Å². The van der Waals surface area contributed by atoms with Crippen LogP contribution >= 0.6 is 0 Å². The lowest BCUT2D eigenvalue weighted by atomic mass is 9.94. The minimum atomic E-state index is -3.70.